The highest BCUT2D eigenvalue weighted by atomic mass is 35.5. The van der Waals surface area contributed by atoms with Crippen molar-refractivity contribution in [3.63, 3.8) is 0 Å². The van der Waals surface area contributed by atoms with Crippen molar-refractivity contribution in [3.8, 4) is 11.5 Å². The van der Waals surface area contributed by atoms with Crippen molar-refractivity contribution in [1.29, 1.82) is 0 Å². The summed E-state index contributed by atoms with van der Waals surface area (Å²) in [4.78, 5) is 0. The first-order valence-electron chi connectivity index (χ1n) is 7.96. The summed E-state index contributed by atoms with van der Waals surface area (Å²) in [5, 5.41) is 4.12. The molecular weight excluding hydrogens is 286 g/mol. The Hall–Kier alpha value is -0.930. The Balaban J connectivity index is 1.72. The Kier molecular flexibility index (Phi) is 4.91. The van der Waals surface area contributed by atoms with Gasteiger partial charge in [0.25, 0.3) is 0 Å². The van der Waals surface area contributed by atoms with Gasteiger partial charge in [0.15, 0.2) is 11.5 Å². The maximum absolute atomic E-state index is 6.36. The highest BCUT2D eigenvalue weighted by Gasteiger charge is 2.23. The number of nitrogens with one attached hydrogen (secondary N) is 1. The predicted octanol–water partition coefficient (Wildman–Crippen LogP) is 3.68. The quantitative estimate of drug-likeness (QED) is 0.869. The molecule has 3 nitrogen and oxygen atoms in total. The molecule has 1 heterocycles. The van der Waals surface area contributed by atoms with E-state index < -0.39 is 0 Å². The van der Waals surface area contributed by atoms with Gasteiger partial charge in [0.1, 0.15) is 0 Å². The van der Waals surface area contributed by atoms with Gasteiger partial charge in [-0.1, -0.05) is 11.6 Å². The summed E-state index contributed by atoms with van der Waals surface area (Å²) in [6, 6.07) is 4.14. The van der Waals surface area contributed by atoms with Gasteiger partial charge in [0, 0.05) is 0 Å². The van der Waals surface area contributed by atoms with Crippen LogP contribution in [0.1, 0.15) is 31.2 Å². The lowest BCUT2D eigenvalue weighted by molar-refractivity contribution is 0.280. The molecule has 21 heavy (non-hydrogen) atoms. The number of hydrogen-bond acceptors (Lipinski definition) is 3. The SMILES string of the molecule is COc1c(Cl)cc(CC2CCCNC2)cc1OCC1CC1. The average Bonchev–Trinajstić information content (AvgIpc) is 3.30. The number of piperidine rings is 1. The van der Waals surface area contributed by atoms with E-state index in [2.05, 4.69) is 11.4 Å². The zero-order chi connectivity index (χ0) is 14.7. The van der Waals surface area contributed by atoms with Crippen molar-refractivity contribution in [3.05, 3.63) is 22.7 Å². The van der Waals surface area contributed by atoms with Crippen molar-refractivity contribution in [2.45, 2.75) is 32.1 Å². The largest absolute Gasteiger partial charge is 0.491 e. The van der Waals surface area contributed by atoms with E-state index in [-0.39, 0.29) is 0 Å². The standard InChI is InChI=1S/C17H24ClNO2/c1-20-17-15(18)8-14(7-13-3-2-6-19-10-13)9-16(17)21-11-12-4-5-12/h8-9,12-13,19H,2-7,10-11H2,1H3. The topological polar surface area (TPSA) is 30.5 Å². The van der Waals surface area contributed by atoms with E-state index in [0.29, 0.717) is 16.7 Å². The summed E-state index contributed by atoms with van der Waals surface area (Å²) in [6.45, 7) is 3.03. The molecule has 0 aromatic heterocycles. The highest BCUT2D eigenvalue weighted by Crippen LogP contribution is 2.39. The van der Waals surface area contributed by atoms with E-state index in [1.165, 1.54) is 31.2 Å². The third-order valence-corrected chi connectivity index (χ3v) is 4.65. The molecule has 116 valence electrons. The number of hydrogen-bond donors (Lipinski definition) is 1. The molecule has 0 spiro atoms. The molecule has 1 aliphatic carbocycles. The molecule has 1 aromatic carbocycles. The predicted molar refractivity (Wildman–Crippen MR) is 85.5 cm³/mol. The highest BCUT2D eigenvalue weighted by molar-refractivity contribution is 6.32. The normalized spacial score (nSPS) is 22.1. The Morgan fingerprint density at radius 1 is 1.24 bits per heavy atom. The van der Waals surface area contributed by atoms with Crippen molar-refractivity contribution in [2.75, 3.05) is 26.8 Å². The van der Waals surface area contributed by atoms with Crippen LogP contribution < -0.4 is 14.8 Å². The Morgan fingerprint density at radius 2 is 2.10 bits per heavy atom. The fourth-order valence-corrected chi connectivity index (χ4v) is 3.28. The second-order valence-electron chi connectivity index (χ2n) is 6.28. The van der Waals surface area contributed by atoms with Crippen molar-refractivity contribution < 1.29 is 9.47 Å². The molecule has 0 radical (unpaired) electrons. The molecule has 1 saturated carbocycles. The molecule has 1 unspecified atom stereocenters. The Bertz CT molecular complexity index is 482. The van der Waals surface area contributed by atoms with Crippen LogP contribution in [0.15, 0.2) is 12.1 Å². The van der Waals surface area contributed by atoms with Crippen molar-refractivity contribution in [1.82, 2.24) is 5.32 Å². The van der Waals surface area contributed by atoms with Crippen LogP contribution in [-0.2, 0) is 6.42 Å². The first-order valence-corrected chi connectivity index (χ1v) is 8.34. The van der Waals surface area contributed by atoms with Gasteiger partial charge in [-0.25, -0.2) is 0 Å². The van der Waals surface area contributed by atoms with Crippen LogP contribution in [0, 0.1) is 11.8 Å². The van der Waals surface area contributed by atoms with Gasteiger partial charge in [-0.3, -0.25) is 0 Å². The van der Waals surface area contributed by atoms with E-state index >= 15 is 0 Å². The van der Waals surface area contributed by atoms with Crippen LogP contribution in [0.3, 0.4) is 0 Å². The van der Waals surface area contributed by atoms with Crippen LogP contribution in [0.5, 0.6) is 11.5 Å². The summed E-state index contributed by atoms with van der Waals surface area (Å²) in [7, 11) is 1.65. The number of ether oxygens (including phenoxy) is 2. The van der Waals surface area contributed by atoms with Gasteiger partial charge in [-0.15, -0.1) is 0 Å². The van der Waals surface area contributed by atoms with Gasteiger partial charge >= 0.3 is 0 Å². The molecule has 3 rings (SSSR count). The number of benzene rings is 1. The minimum absolute atomic E-state index is 0.657. The molecule has 4 heteroatoms. The van der Waals surface area contributed by atoms with E-state index in [0.717, 1.165) is 37.8 Å². The molecule has 1 aliphatic heterocycles. The molecule has 2 aliphatic rings. The molecule has 2 fully saturated rings. The Morgan fingerprint density at radius 3 is 2.76 bits per heavy atom. The summed E-state index contributed by atoms with van der Waals surface area (Å²) in [5.74, 6) is 2.89. The van der Waals surface area contributed by atoms with Gasteiger partial charge in [0.2, 0.25) is 0 Å². The van der Waals surface area contributed by atoms with Gasteiger partial charge in [-0.2, -0.15) is 0 Å². The third-order valence-electron chi connectivity index (χ3n) is 4.37. The number of halogens is 1. The first-order chi connectivity index (χ1) is 10.3. The minimum atomic E-state index is 0.657. The Labute approximate surface area is 132 Å². The maximum atomic E-state index is 6.36. The van der Waals surface area contributed by atoms with Crippen LogP contribution in [0.25, 0.3) is 0 Å². The zero-order valence-corrected chi connectivity index (χ0v) is 13.4. The molecule has 0 amide bonds. The lowest BCUT2D eigenvalue weighted by Gasteiger charge is -2.23. The van der Waals surface area contributed by atoms with Crippen LogP contribution in [0.2, 0.25) is 5.02 Å². The second-order valence-corrected chi connectivity index (χ2v) is 6.69. The lowest BCUT2D eigenvalue weighted by atomic mass is 9.92. The average molecular weight is 310 g/mol. The van der Waals surface area contributed by atoms with E-state index in [1.807, 2.05) is 6.07 Å². The van der Waals surface area contributed by atoms with Crippen molar-refractivity contribution in [2.24, 2.45) is 11.8 Å². The smallest absolute Gasteiger partial charge is 0.179 e. The molecule has 1 N–H and O–H groups in total. The fourth-order valence-electron chi connectivity index (χ4n) is 2.97. The monoisotopic (exact) mass is 309 g/mol. The minimum Gasteiger partial charge on any atom is -0.491 e. The van der Waals surface area contributed by atoms with Crippen LogP contribution in [-0.4, -0.2) is 26.8 Å². The third kappa shape index (κ3) is 4.04. The summed E-state index contributed by atoms with van der Waals surface area (Å²) >= 11 is 6.36. The molecule has 1 saturated heterocycles. The van der Waals surface area contributed by atoms with E-state index in [4.69, 9.17) is 21.1 Å². The fraction of sp³-hybridized carbons (Fsp3) is 0.647. The lowest BCUT2D eigenvalue weighted by Crippen LogP contribution is -2.30. The molecule has 0 bridgehead atoms. The summed E-state index contributed by atoms with van der Waals surface area (Å²) < 4.78 is 11.3. The molecule has 1 atom stereocenters. The van der Waals surface area contributed by atoms with Gasteiger partial charge < -0.3 is 14.8 Å². The number of rotatable bonds is 6. The summed E-state index contributed by atoms with van der Waals surface area (Å²) in [5.41, 5.74) is 1.25. The zero-order valence-electron chi connectivity index (χ0n) is 12.7. The maximum Gasteiger partial charge on any atom is 0.179 e. The van der Waals surface area contributed by atoms with Crippen molar-refractivity contribution >= 4 is 11.6 Å². The van der Waals surface area contributed by atoms with E-state index in [9.17, 15) is 0 Å². The first kappa shape index (κ1) is 15.0. The van der Waals surface area contributed by atoms with Crippen LogP contribution in [0.4, 0.5) is 0 Å². The van der Waals surface area contributed by atoms with Gasteiger partial charge in [0.05, 0.1) is 18.7 Å². The molecule has 1 aromatic rings. The molecular formula is C17H24ClNO2. The van der Waals surface area contributed by atoms with Gasteiger partial charge in [-0.05, 0) is 74.7 Å². The number of methoxy groups -OCH3 is 1. The van der Waals surface area contributed by atoms with Crippen LogP contribution >= 0.6 is 11.6 Å². The summed E-state index contributed by atoms with van der Waals surface area (Å²) in [6.07, 6.45) is 6.16. The van der Waals surface area contributed by atoms with E-state index in [1.54, 1.807) is 7.11 Å². The second kappa shape index (κ2) is 6.89.